The summed E-state index contributed by atoms with van der Waals surface area (Å²) in [5.41, 5.74) is 0.604. The van der Waals surface area contributed by atoms with Gasteiger partial charge in [0.1, 0.15) is 13.1 Å². The summed E-state index contributed by atoms with van der Waals surface area (Å²) >= 11 is 0. The number of carboxylic acid groups (broad SMARTS) is 2. The van der Waals surface area contributed by atoms with Crippen LogP contribution in [0.25, 0.3) is 0 Å². The van der Waals surface area contributed by atoms with E-state index in [1.54, 1.807) is 30.3 Å². The van der Waals surface area contributed by atoms with Gasteiger partial charge in [0.15, 0.2) is 9.84 Å². The van der Waals surface area contributed by atoms with Crippen LogP contribution < -0.4 is 9.62 Å². The van der Waals surface area contributed by atoms with Crippen molar-refractivity contribution in [3.63, 3.8) is 0 Å². The fourth-order valence-electron chi connectivity index (χ4n) is 5.93. The van der Waals surface area contributed by atoms with Crippen LogP contribution in [0.1, 0.15) is 69.4 Å². The summed E-state index contributed by atoms with van der Waals surface area (Å²) in [6, 6.07) is 11.2. The summed E-state index contributed by atoms with van der Waals surface area (Å²) < 4.78 is 56.8. The second-order valence-corrected chi connectivity index (χ2v) is 15.3. The first kappa shape index (κ1) is 35.3. The molecule has 0 fully saturated rings. The molecular formula is C30H43N3O9S2. The number of nitrogens with zero attached hydrogens (tertiary/aromatic N) is 2. The zero-order chi connectivity index (χ0) is 32.9. The zero-order valence-corrected chi connectivity index (χ0v) is 27.2. The smallest absolute Gasteiger partial charge is 0.318 e. The van der Waals surface area contributed by atoms with Gasteiger partial charge < -0.3 is 20.2 Å². The number of benzene rings is 2. The molecule has 0 aromatic heterocycles. The van der Waals surface area contributed by atoms with E-state index in [4.69, 9.17) is 10.2 Å². The van der Waals surface area contributed by atoms with E-state index in [1.807, 2.05) is 32.8 Å². The first-order valence-electron chi connectivity index (χ1n) is 14.6. The van der Waals surface area contributed by atoms with E-state index >= 15 is 0 Å². The van der Waals surface area contributed by atoms with Crippen LogP contribution >= 0.6 is 0 Å². The molecule has 44 heavy (non-hydrogen) atoms. The molecule has 0 saturated heterocycles. The third-order valence-electron chi connectivity index (χ3n) is 8.11. The van der Waals surface area contributed by atoms with Gasteiger partial charge in [0.25, 0.3) is 0 Å². The lowest BCUT2D eigenvalue weighted by Crippen LogP contribution is -2.43. The predicted octanol–water partition coefficient (Wildman–Crippen LogP) is 3.53. The molecule has 14 heteroatoms. The van der Waals surface area contributed by atoms with Gasteiger partial charge in [0.2, 0.25) is 0 Å². The maximum Gasteiger partial charge on any atom is 0.318 e. The van der Waals surface area contributed by atoms with E-state index in [1.165, 1.54) is 12.1 Å². The van der Waals surface area contributed by atoms with E-state index in [2.05, 4.69) is 4.72 Å². The van der Waals surface area contributed by atoms with Gasteiger partial charge >= 0.3 is 22.1 Å². The fourth-order valence-corrected chi connectivity index (χ4v) is 9.23. The van der Waals surface area contributed by atoms with Gasteiger partial charge in [0.05, 0.1) is 22.4 Å². The van der Waals surface area contributed by atoms with Crippen LogP contribution in [0.2, 0.25) is 0 Å². The number of rotatable bonds is 15. The number of aliphatic hydroxyl groups excluding tert-OH is 1. The second-order valence-electron chi connectivity index (χ2n) is 11.7. The number of hydrogen-bond acceptors (Lipinski definition) is 8. The highest BCUT2D eigenvalue weighted by Gasteiger charge is 2.49. The Bertz CT molecular complexity index is 1540. The molecule has 4 N–H and O–H groups in total. The van der Waals surface area contributed by atoms with Crippen molar-refractivity contribution in [1.82, 2.24) is 4.31 Å². The van der Waals surface area contributed by atoms with Crippen LogP contribution in [-0.2, 0) is 29.6 Å². The average molecular weight is 654 g/mol. The first-order valence-corrected chi connectivity index (χ1v) is 17.7. The number of aliphatic hydroxyl groups is 1. The van der Waals surface area contributed by atoms with E-state index in [9.17, 15) is 31.5 Å². The van der Waals surface area contributed by atoms with Crippen LogP contribution in [0.3, 0.4) is 0 Å². The van der Waals surface area contributed by atoms with Crippen molar-refractivity contribution in [3.8, 4) is 0 Å². The molecule has 1 heterocycles. The molecule has 2 aromatic rings. The quantitative estimate of drug-likeness (QED) is 0.222. The highest BCUT2D eigenvalue weighted by Crippen LogP contribution is 2.50. The van der Waals surface area contributed by atoms with Crippen molar-refractivity contribution in [2.45, 2.75) is 69.3 Å². The first-order chi connectivity index (χ1) is 20.6. The standard InChI is InChI=1S/C30H43N3O9S2/c1-5-7-14-30(15-8-6-2)20-43(39,40)25-13-12-23(32(3)4)17-24(25)28(29(30)38)21-10-9-11-22(16-21)31-44(41,42)33(18-26(34)35)19-27(36)37/h9-13,16-17,28-29,31,38H,5-8,14-15,18-20H2,1-4H3,(H,34,35)(H,36,37)/t28-,29-/m1/s1. The topological polar surface area (TPSA) is 182 Å². The van der Waals surface area contributed by atoms with Crippen LogP contribution in [0.15, 0.2) is 47.4 Å². The Hall–Kier alpha value is -3.20. The minimum atomic E-state index is -4.62. The zero-order valence-electron chi connectivity index (χ0n) is 25.6. The molecule has 0 bridgehead atoms. The largest absolute Gasteiger partial charge is 0.480 e. The number of anilines is 2. The number of sulfone groups is 1. The summed E-state index contributed by atoms with van der Waals surface area (Å²) in [4.78, 5) is 24.5. The highest BCUT2D eigenvalue weighted by atomic mass is 32.2. The molecule has 0 spiro atoms. The maximum atomic E-state index is 14.0. The lowest BCUT2D eigenvalue weighted by molar-refractivity contribution is -0.139. The van der Waals surface area contributed by atoms with Gasteiger partial charge in [-0.15, -0.1) is 0 Å². The Morgan fingerprint density at radius 3 is 2.09 bits per heavy atom. The lowest BCUT2D eigenvalue weighted by Gasteiger charge is -2.40. The van der Waals surface area contributed by atoms with Crippen molar-refractivity contribution in [2.75, 3.05) is 42.6 Å². The van der Waals surface area contributed by atoms with E-state index in [0.29, 0.717) is 36.8 Å². The fraction of sp³-hybridized carbons (Fsp3) is 0.533. The second kappa shape index (κ2) is 14.3. The average Bonchev–Trinajstić information content (AvgIpc) is 3.00. The number of nitrogens with one attached hydrogen (secondary N) is 1. The molecule has 1 aliphatic heterocycles. The highest BCUT2D eigenvalue weighted by molar-refractivity contribution is 7.91. The summed E-state index contributed by atoms with van der Waals surface area (Å²) in [5, 5.41) is 30.6. The van der Waals surface area contributed by atoms with E-state index < -0.39 is 62.5 Å². The molecule has 3 rings (SSSR count). The predicted molar refractivity (Wildman–Crippen MR) is 168 cm³/mol. The van der Waals surface area contributed by atoms with Crippen molar-refractivity contribution >= 4 is 43.4 Å². The number of carboxylic acids is 2. The van der Waals surface area contributed by atoms with Gasteiger partial charge in [-0.2, -0.15) is 12.7 Å². The van der Waals surface area contributed by atoms with Gasteiger partial charge in [-0.25, -0.2) is 8.42 Å². The van der Waals surface area contributed by atoms with Gasteiger partial charge in [-0.1, -0.05) is 51.7 Å². The molecule has 0 amide bonds. The van der Waals surface area contributed by atoms with Crippen LogP contribution in [0, 0.1) is 5.41 Å². The van der Waals surface area contributed by atoms with Crippen molar-refractivity contribution in [2.24, 2.45) is 5.41 Å². The molecular weight excluding hydrogens is 610 g/mol. The molecule has 0 radical (unpaired) electrons. The van der Waals surface area contributed by atoms with Crippen LogP contribution in [0.5, 0.6) is 0 Å². The van der Waals surface area contributed by atoms with Gasteiger partial charge in [-0.05, 0) is 54.3 Å². The molecule has 0 saturated carbocycles. The molecule has 0 aliphatic carbocycles. The summed E-state index contributed by atoms with van der Waals surface area (Å²) in [6.45, 7) is 1.87. The third-order valence-corrected chi connectivity index (χ3v) is 11.5. The van der Waals surface area contributed by atoms with E-state index in [0.717, 1.165) is 18.5 Å². The van der Waals surface area contributed by atoms with E-state index in [-0.39, 0.29) is 20.6 Å². The van der Waals surface area contributed by atoms with Crippen molar-refractivity contribution in [3.05, 3.63) is 53.6 Å². The number of fused-ring (bicyclic) bond motifs is 1. The third kappa shape index (κ3) is 8.09. The molecule has 2 atom stereocenters. The molecule has 2 aromatic carbocycles. The molecule has 0 unspecified atom stereocenters. The minimum Gasteiger partial charge on any atom is -0.480 e. The maximum absolute atomic E-state index is 14.0. The normalized spacial score (nSPS) is 19.1. The van der Waals surface area contributed by atoms with Gasteiger partial charge in [-0.3, -0.25) is 14.3 Å². The monoisotopic (exact) mass is 653 g/mol. The van der Waals surface area contributed by atoms with Crippen LogP contribution in [-0.4, -0.2) is 87.4 Å². The van der Waals surface area contributed by atoms with Gasteiger partial charge in [0, 0.05) is 31.1 Å². The Labute approximate surface area is 259 Å². The summed E-state index contributed by atoms with van der Waals surface area (Å²) in [7, 11) is -4.83. The summed E-state index contributed by atoms with van der Waals surface area (Å²) in [6.07, 6.45) is 2.88. The number of carbonyl (C=O) groups is 2. The number of aliphatic carboxylic acids is 2. The Morgan fingerprint density at radius 2 is 1.57 bits per heavy atom. The Kier molecular flexibility index (Phi) is 11.4. The molecule has 1 aliphatic rings. The summed E-state index contributed by atoms with van der Waals surface area (Å²) in [5.74, 6) is -4.14. The van der Waals surface area contributed by atoms with Crippen molar-refractivity contribution < 1.29 is 41.7 Å². The molecule has 12 nitrogen and oxygen atoms in total. The number of hydrogen-bond donors (Lipinski definition) is 4. The number of unbranched alkanes of at least 4 members (excludes halogenated alkanes) is 2. The Morgan fingerprint density at radius 1 is 0.977 bits per heavy atom. The lowest BCUT2D eigenvalue weighted by atomic mass is 9.68. The Balaban J connectivity index is 2.24. The minimum absolute atomic E-state index is 0.000567. The molecule has 244 valence electrons. The van der Waals surface area contributed by atoms with Crippen LogP contribution in [0.4, 0.5) is 11.4 Å². The van der Waals surface area contributed by atoms with Crippen molar-refractivity contribution in [1.29, 1.82) is 0 Å². The SMILES string of the molecule is CCCCC1(CCCC)CS(=O)(=O)c2ccc(N(C)C)cc2[C@@H](c2cccc(NS(=O)(=O)N(CC(=O)O)CC(=O)O)c2)[C@H]1O.